The molecular weight excluding hydrogens is 432 g/mol. The molecule has 174 valence electrons. The molecule has 0 amide bonds. The highest BCUT2D eigenvalue weighted by Gasteiger charge is 2.48. The van der Waals surface area contributed by atoms with E-state index in [-0.39, 0.29) is 4.59 Å². The molecule has 1 atom stereocenters. The van der Waals surface area contributed by atoms with Crippen molar-refractivity contribution in [3.63, 3.8) is 0 Å². The summed E-state index contributed by atoms with van der Waals surface area (Å²) in [5.41, 5.74) is 6.14. The summed E-state index contributed by atoms with van der Waals surface area (Å²) >= 11 is 0. The van der Waals surface area contributed by atoms with Gasteiger partial charge in [-0.2, -0.15) is 10.8 Å². The largest absolute Gasteiger partial charge is 0.303 e. The van der Waals surface area contributed by atoms with Crippen molar-refractivity contribution in [3.8, 4) is 11.3 Å². The van der Waals surface area contributed by atoms with Gasteiger partial charge >= 0.3 is 0 Å². The number of fused-ring (bicyclic) bond motifs is 2. The highest BCUT2D eigenvalue weighted by Crippen LogP contribution is 2.45. The highest BCUT2D eigenvalue weighted by molar-refractivity contribution is 6.02. The van der Waals surface area contributed by atoms with E-state index in [4.69, 9.17) is 15.8 Å². The molecule has 1 aliphatic carbocycles. The number of allylic oxidation sites excluding steroid dienone is 2. The molecule has 35 heavy (non-hydrogen) atoms. The number of hydrogen-bond acceptors (Lipinski definition) is 5. The van der Waals surface area contributed by atoms with Crippen LogP contribution >= 0.6 is 0 Å². The molecule has 0 bridgehead atoms. The maximum Gasteiger partial charge on any atom is 0.264 e. The molecule has 6 nitrogen and oxygen atoms in total. The average Bonchev–Trinajstić information content (AvgIpc) is 3.14. The van der Waals surface area contributed by atoms with Crippen LogP contribution in [-0.4, -0.2) is 46.2 Å². The van der Waals surface area contributed by atoms with Gasteiger partial charge in [-0.05, 0) is 56.5 Å². The summed E-state index contributed by atoms with van der Waals surface area (Å²) in [5, 5.41) is 1.10. The Morgan fingerprint density at radius 2 is 1.80 bits per heavy atom. The number of pyridine rings is 1. The summed E-state index contributed by atoms with van der Waals surface area (Å²) in [6.07, 6.45) is 9.34. The standard InChI is InChI=1S/C29H29N6/c30-35-14-11-31-18-27(35)28(24-15-20(16-24)19-34-12-4-13-34)33-29(35)23-8-7-22-9-10-25(32-26(22)17-23)21-5-2-1-3-6-21/h1-3,5-11,14,17-18,20,24H,4,12-13,15-16,19,30H2/q+1. The molecule has 2 fully saturated rings. The summed E-state index contributed by atoms with van der Waals surface area (Å²) < 4.78 is 0.0794. The first kappa shape index (κ1) is 20.9. The van der Waals surface area contributed by atoms with Crippen molar-refractivity contribution in [1.29, 1.82) is 0 Å². The van der Waals surface area contributed by atoms with E-state index in [0.29, 0.717) is 5.92 Å². The van der Waals surface area contributed by atoms with E-state index in [1.54, 1.807) is 6.20 Å². The van der Waals surface area contributed by atoms with Crippen LogP contribution in [0.5, 0.6) is 0 Å². The number of aliphatic imine (C=N–C) groups is 2. The van der Waals surface area contributed by atoms with Crippen molar-refractivity contribution in [2.24, 2.45) is 27.7 Å². The van der Waals surface area contributed by atoms with Crippen LogP contribution in [0.3, 0.4) is 0 Å². The molecule has 1 unspecified atom stereocenters. The first-order valence-corrected chi connectivity index (χ1v) is 12.6. The molecule has 7 rings (SSSR count). The first-order valence-electron chi connectivity index (χ1n) is 12.6. The molecule has 1 aromatic heterocycles. The molecule has 0 spiro atoms. The molecule has 2 N–H and O–H groups in total. The van der Waals surface area contributed by atoms with Gasteiger partial charge in [-0.15, -0.1) is 4.59 Å². The topological polar surface area (TPSA) is 66.9 Å². The third-order valence-electron chi connectivity index (χ3n) is 7.93. The van der Waals surface area contributed by atoms with Crippen molar-refractivity contribution in [1.82, 2.24) is 9.88 Å². The van der Waals surface area contributed by atoms with Crippen LogP contribution in [0.25, 0.3) is 22.2 Å². The number of amidine groups is 1. The van der Waals surface area contributed by atoms with Crippen molar-refractivity contribution in [2.45, 2.75) is 19.3 Å². The zero-order valence-corrected chi connectivity index (χ0v) is 19.7. The third-order valence-corrected chi connectivity index (χ3v) is 7.93. The van der Waals surface area contributed by atoms with Gasteiger partial charge in [0.05, 0.1) is 29.2 Å². The van der Waals surface area contributed by atoms with E-state index in [1.165, 1.54) is 38.9 Å². The number of quaternary nitrogens is 1. The van der Waals surface area contributed by atoms with Crippen molar-refractivity contribution in [2.75, 3.05) is 19.6 Å². The van der Waals surface area contributed by atoms with Gasteiger partial charge in [-0.1, -0.05) is 42.5 Å². The maximum atomic E-state index is 7.00. The first-order chi connectivity index (χ1) is 17.2. The predicted octanol–water partition coefficient (Wildman–Crippen LogP) is 4.85. The van der Waals surface area contributed by atoms with Crippen LogP contribution in [0.15, 0.2) is 94.4 Å². The van der Waals surface area contributed by atoms with Gasteiger partial charge in [0, 0.05) is 23.4 Å². The molecule has 6 heteroatoms. The fourth-order valence-corrected chi connectivity index (χ4v) is 5.77. The minimum absolute atomic E-state index is 0.0794. The van der Waals surface area contributed by atoms with Crippen LogP contribution in [-0.2, 0) is 0 Å². The molecular formula is C29H29N6+. The second kappa shape index (κ2) is 8.05. The Morgan fingerprint density at radius 3 is 2.60 bits per heavy atom. The van der Waals surface area contributed by atoms with Gasteiger partial charge < -0.3 is 4.90 Å². The lowest BCUT2D eigenvalue weighted by Crippen LogP contribution is -2.53. The van der Waals surface area contributed by atoms with E-state index in [9.17, 15) is 0 Å². The number of rotatable bonds is 5. The average molecular weight is 462 g/mol. The summed E-state index contributed by atoms with van der Waals surface area (Å²) in [5.74, 6) is 9.07. The lowest BCUT2D eigenvalue weighted by Gasteiger charge is -2.41. The van der Waals surface area contributed by atoms with E-state index in [0.717, 1.165) is 50.9 Å². The van der Waals surface area contributed by atoms with E-state index in [1.807, 2.05) is 30.6 Å². The van der Waals surface area contributed by atoms with Gasteiger partial charge in [0.25, 0.3) is 5.84 Å². The molecule has 4 heterocycles. The number of benzene rings is 2. The third kappa shape index (κ3) is 3.48. The lowest BCUT2D eigenvalue weighted by molar-refractivity contribution is -0.750. The Morgan fingerprint density at radius 1 is 0.971 bits per heavy atom. The van der Waals surface area contributed by atoms with Crippen molar-refractivity contribution < 1.29 is 4.59 Å². The van der Waals surface area contributed by atoms with E-state index in [2.05, 4.69) is 52.4 Å². The molecule has 3 aromatic rings. The van der Waals surface area contributed by atoms with E-state index < -0.39 is 0 Å². The Balaban J connectivity index is 1.22. The van der Waals surface area contributed by atoms with E-state index >= 15 is 0 Å². The van der Waals surface area contributed by atoms with Gasteiger partial charge in [0.1, 0.15) is 11.9 Å². The maximum absolute atomic E-state index is 7.00. The number of likely N-dealkylation sites (tertiary alicyclic amines) is 1. The summed E-state index contributed by atoms with van der Waals surface area (Å²) in [6.45, 7) is 3.76. The van der Waals surface area contributed by atoms with Crippen LogP contribution in [0.1, 0.15) is 24.8 Å². The van der Waals surface area contributed by atoms with Crippen molar-refractivity contribution >= 4 is 23.0 Å². The number of nitrogens with zero attached hydrogens (tertiary/aromatic N) is 5. The molecule has 1 saturated heterocycles. The Bertz CT molecular complexity index is 1430. The van der Waals surface area contributed by atoms with Gasteiger partial charge in [0.2, 0.25) is 5.70 Å². The number of hydrogen-bond donors (Lipinski definition) is 1. The summed E-state index contributed by atoms with van der Waals surface area (Å²) in [7, 11) is 0. The van der Waals surface area contributed by atoms with Gasteiger partial charge in [-0.3, -0.25) is 4.99 Å². The fourth-order valence-electron chi connectivity index (χ4n) is 5.77. The van der Waals surface area contributed by atoms with Crippen LogP contribution in [0.4, 0.5) is 0 Å². The van der Waals surface area contributed by atoms with Crippen LogP contribution in [0, 0.1) is 11.8 Å². The zero-order valence-electron chi connectivity index (χ0n) is 19.7. The highest BCUT2D eigenvalue weighted by atomic mass is 15.6. The van der Waals surface area contributed by atoms with Crippen LogP contribution in [0.2, 0.25) is 0 Å². The monoisotopic (exact) mass is 461 g/mol. The molecule has 1 saturated carbocycles. The Labute approximate surface area is 205 Å². The fraction of sp³-hybridized carbons (Fsp3) is 0.276. The van der Waals surface area contributed by atoms with Gasteiger partial charge in [-0.25, -0.2) is 4.98 Å². The molecule has 2 aromatic carbocycles. The summed E-state index contributed by atoms with van der Waals surface area (Å²) in [4.78, 5) is 17.2. The smallest absolute Gasteiger partial charge is 0.264 e. The Hall–Kier alpha value is -3.45. The van der Waals surface area contributed by atoms with Gasteiger partial charge in [0.15, 0.2) is 0 Å². The quantitative estimate of drug-likeness (QED) is 0.436. The summed E-state index contributed by atoms with van der Waals surface area (Å²) in [6, 6.07) is 20.9. The van der Waals surface area contributed by atoms with Crippen LogP contribution < -0.4 is 5.84 Å². The second-order valence-electron chi connectivity index (χ2n) is 10.2. The normalized spacial score (nSPS) is 27.5. The Kier molecular flexibility index (Phi) is 4.81. The lowest BCUT2D eigenvalue weighted by atomic mass is 9.72. The van der Waals surface area contributed by atoms with Crippen molar-refractivity contribution in [3.05, 3.63) is 90.0 Å². The minimum atomic E-state index is 0.0794. The molecule has 3 aliphatic heterocycles. The molecule has 4 aliphatic rings. The molecule has 0 radical (unpaired) electrons. The second-order valence-corrected chi connectivity index (χ2v) is 10.2. The number of nitrogens with two attached hydrogens (primary N) is 1. The SMILES string of the molecule is N[N+]12C=CN=CC1=C(C1CC(CN3CCC3)C1)N=C2c1ccc2ccc(-c3ccccc3)nc2c1. The zero-order chi connectivity index (χ0) is 23.4. The minimum Gasteiger partial charge on any atom is -0.303 e. The number of aromatic nitrogens is 1. The predicted molar refractivity (Wildman–Crippen MR) is 140 cm³/mol.